The van der Waals surface area contributed by atoms with Gasteiger partial charge in [0.15, 0.2) is 0 Å². The molecule has 82 valence electrons. The van der Waals surface area contributed by atoms with Crippen LogP contribution in [0.5, 0.6) is 0 Å². The molecule has 0 fully saturated rings. The normalized spacial score (nSPS) is 9.73. The highest BCUT2D eigenvalue weighted by molar-refractivity contribution is 6.30. The van der Waals surface area contributed by atoms with Gasteiger partial charge in [-0.25, -0.2) is 0 Å². The summed E-state index contributed by atoms with van der Waals surface area (Å²) in [6.07, 6.45) is 1.76. The SMILES string of the molecule is CN(C=O)CCCNc1ccc(Cl)cc1. The fourth-order valence-corrected chi connectivity index (χ4v) is 1.31. The Bertz CT molecular complexity index is 300. The number of hydrogen-bond acceptors (Lipinski definition) is 2. The van der Waals surface area contributed by atoms with Gasteiger partial charge < -0.3 is 10.2 Å². The minimum atomic E-state index is 0.737. The predicted molar refractivity (Wildman–Crippen MR) is 63.3 cm³/mol. The van der Waals surface area contributed by atoms with E-state index in [9.17, 15) is 4.79 Å². The van der Waals surface area contributed by atoms with Crippen LogP contribution < -0.4 is 5.32 Å². The van der Waals surface area contributed by atoms with Gasteiger partial charge in [0.05, 0.1) is 0 Å². The first-order valence-electron chi connectivity index (χ1n) is 4.87. The number of benzene rings is 1. The van der Waals surface area contributed by atoms with Crippen molar-refractivity contribution in [2.75, 3.05) is 25.5 Å². The second-order valence-electron chi connectivity index (χ2n) is 3.37. The lowest BCUT2D eigenvalue weighted by Crippen LogP contribution is -2.19. The summed E-state index contributed by atoms with van der Waals surface area (Å²) in [4.78, 5) is 11.9. The molecule has 0 aromatic heterocycles. The third-order valence-electron chi connectivity index (χ3n) is 2.04. The van der Waals surface area contributed by atoms with Gasteiger partial charge in [-0.3, -0.25) is 4.79 Å². The van der Waals surface area contributed by atoms with Gasteiger partial charge in [-0.05, 0) is 30.7 Å². The van der Waals surface area contributed by atoms with Crippen molar-refractivity contribution >= 4 is 23.7 Å². The molecule has 0 aliphatic carbocycles. The maximum absolute atomic E-state index is 10.3. The van der Waals surface area contributed by atoms with Crippen LogP contribution in [0.3, 0.4) is 0 Å². The first kappa shape index (κ1) is 11.9. The summed E-state index contributed by atoms with van der Waals surface area (Å²) in [5.74, 6) is 0. The zero-order chi connectivity index (χ0) is 11.1. The highest BCUT2D eigenvalue weighted by Gasteiger charge is 1.94. The molecule has 4 heteroatoms. The van der Waals surface area contributed by atoms with Crippen molar-refractivity contribution in [2.24, 2.45) is 0 Å². The number of amides is 1. The second-order valence-corrected chi connectivity index (χ2v) is 3.81. The van der Waals surface area contributed by atoms with Crippen molar-refractivity contribution in [3.05, 3.63) is 29.3 Å². The molecule has 0 unspecified atom stereocenters. The van der Waals surface area contributed by atoms with Crippen LogP contribution in [0.2, 0.25) is 5.02 Å². The Morgan fingerprint density at radius 2 is 2.07 bits per heavy atom. The van der Waals surface area contributed by atoms with Crippen molar-refractivity contribution in [2.45, 2.75) is 6.42 Å². The van der Waals surface area contributed by atoms with E-state index in [4.69, 9.17) is 11.6 Å². The lowest BCUT2D eigenvalue weighted by atomic mass is 10.3. The lowest BCUT2D eigenvalue weighted by Gasteiger charge is -2.11. The summed E-state index contributed by atoms with van der Waals surface area (Å²) in [5, 5.41) is 3.99. The molecule has 1 amide bonds. The van der Waals surface area contributed by atoms with Gasteiger partial charge in [0.2, 0.25) is 6.41 Å². The van der Waals surface area contributed by atoms with E-state index in [2.05, 4.69) is 5.32 Å². The highest BCUT2D eigenvalue weighted by atomic mass is 35.5. The molecule has 0 saturated heterocycles. The van der Waals surface area contributed by atoms with Gasteiger partial charge in [-0.1, -0.05) is 11.6 Å². The van der Waals surface area contributed by atoms with Crippen LogP contribution in [0.1, 0.15) is 6.42 Å². The molecule has 0 aliphatic rings. The topological polar surface area (TPSA) is 32.3 Å². The van der Waals surface area contributed by atoms with E-state index < -0.39 is 0 Å². The van der Waals surface area contributed by atoms with E-state index in [1.165, 1.54) is 0 Å². The number of rotatable bonds is 6. The summed E-state index contributed by atoms with van der Waals surface area (Å²) in [6, 6.07) is 7.57. The number of nitrogens with zero attached hydrogens (tertiary/aromatic N) is 1. The van der Waals surface area contributed by atoms with Gasteiger partial charge in [0.1, 0.15) is 0 Å². The van der Waals surface area contributed by atoms with Crippen LogP contribution in [0.25, 0.3) is 0 Å². The van der Waals surface area contributed by atoms with E-state index in [1.807, 2.05) is 24.3 Å². The first-order valence-corrected chi connectivity index (χ1v) is 5.25. The quantitative estimate of drug-likeness (QED) is 0.596. The average molecular weight is 227 g/mol. The molecule has 0 bridgehead atoms. The maximum atomic E-state index is 10.3. The van der Waals surface area contributed by atoms with Crippen molar-refractivity contribution in [3.63, 3.8) is 0 Å². The zero-order valence-electron chi connectivity index (χ0n) is 8.74. The molecule has 0 saturated carbocycles. The minimum absolute atomic E-state index is 0.737. The fourth-order valence-electron chi connectivity index (χ4n) is 1.18. The van der Waals surface area contributed by atoms with Gasteiger partial charge in [0, 0.05) is 30.8 Å². The monoisotopic (exact) mass is 226 g/mol. The molecule has 15 heavy (non-hydrogen) atoms. The van der Waals surface area contributed by atoms with Crippen LogP contribution in [0.15, 0.2) is 24.3 Å². The number of halogens is 1. The van der Waals surface area contributed by atoms with Gasteiger partial charge in [-0.15, -0.1) is 0 Å². The smallest absolute Gasteiger partial charge is 0.209 e. The Hall–Kier alpha value is -1.22. The van der Waals surface area contributed by atoms with E-state index in [-0.39, 0.29) is 0 Å². The number of nitrogens with one attached hydrogen (secondary N) is 1. The Kier molecular flexibility index (Phi) is 4.98. The second kappa shape index (κ2) is 6.30. The standard InChI is InChI=1S/C11H15ClN2O/c1-14(9-15)8-2-7-13-11-5-3-10(12)4-6-11/h3-6,9,13H,2,7-8H2,1H3. The Morgan fingerprint density at radius 1 is 1.40 bits per heavy atom. The lowest BCUT2D eigenvalue weighted by molar-refractivity contribution is -0.117. The van der Waals surface area contributed by atoms with Crippen LogP contribution in [0, 0.1) is 0 Å². The Labute approximate surface area is 95.0 Å². The Morgan fingerprint density at radius 3 is 2.67 bits per heavy atom. The number of hydrogen-bond donors (Lipinski definition) is 1. The van der Waals surface area contributed by atoms with Gasteiger partial charge in [0.25, 0.3) is 0 Å². The molecular formula is C11H15ClN2O. The molecular weight excluding hydrogens is 212 g/mol. The van der Waals surface area contributed by atoms with Crippen molar-refractivity contribution < 1.29 is 4.79 Å². The summed E-state index contributed by atoms with van der Waals surface area (Å²) in [7, 11) is 1.77. The zero-order valence-corrected chi connectivity index (χ0v) is 9.50. The van der Waals surface area contributed by atoms with E-state index in [1.54, 1.807) is 11.9 Å². The van der Waals surface area contributed by atoms with Crippen molar-refractivity contribution in [3.8, 4) is 0 Å². The maximum Gasteiger partial charge on any atom is 0.209 e. The summed E-state index contributed by atoms with van der Waals surface area (Å²) in [5.41, 5.74) is 1.05. The van der Waals surface area contributed by atoms with E-state index >= 15 is 0 Å². The third-order valence-corrected chi connectivity index (χ3v) is 2.29. The van der Waals surface area contributed by atoms with Crippen molar-refractivity contribution in [1.82, 2.24) is 4.90 Å². The van der Waals surface area contributed by atoms with Crippen LogP contribution in [-0.4, -0.2) is 31.4 Å². The van der Waals surface area contributed by atoms with Crippen LogP contribution >= 0.6 is 11.6 Å². The van der Waals surface area contributed by atoms with E-state index in [0.29, 0.717) is 0 Å². The number of anilines is 1. The molecule has 0 radical (unpaired) electrons. The van der Waals surface area contributed by atoms with Crippen LogP contribution in [0.4, 0.5) is 5.69 Å². The van der Waals surface area contributed by atoms with Crippen LogP contribution in [-0.2, 0) is 4.79 Å². The van der Waals surface area contributed by atoms with Gasteiger partial charge in [-0.2, -0.15) is 0 Å². The Balaban J connectivity index is 2.20. The fraction of sp³-hybridized carbons (Fsp3) is 0.364. The molecule has 0 spiro atoms. The predicted octanol–water partition coefficient (Wildman–Crippen LogP) is 2.23. The largest absolute Gasteiger partial charge is 0.385 e. The molecule has 1 N–H and O–H groups in total. The minimum Gasteiger partial charge on any atom is -0.385 e. The molecule has 1 aromatic rings. The number of carbonyl (C=O) groups excluding carboxylic acids is 1. The first-order chi connectivity index (χ1) is 7.22. The number of carbonyl (C=O) groups is 1. The van der Waals surface area contributed by atoms with Gasteiger partial charge >= 0.3 is 0 Å². The summed E-state index contributed by atoms with van der Waals surface area (Å²) < 4.78 is 0. The van der Waals surface area contributed by atoms with E-state index in [0.717, 1.165) is 36.6 Å². The molecule has 3 nitrogen and oxygen atoms in total. The summed E-state index contributed by atoms with van der Waals surface area (Å²) in [6.45, 7) is 1.61. The molecule has 0 heterocycles. The molecule has 0 atom stereocenters. The molecule has 1 aromatic carbocycles. The highest BCUT2D eigenvalue weighted by Crippen LogP contribution is 2.12. The van der Waals surface area contributed by atoms with Crippen molar-refractivity contribution in [1.29, 1.82) is 0 Å². The molecule has 0 aliphatic heterocycles. The molecule has 1 rings (SSSR count). The average Bonchev–Trinajstić information content (AvgIpc) is 2.26. The summed E-state index contributed by atoms with van der Waals surface area (Å²) >= 11 is 5.76. The third kappa shape index (κ3) is 4.70.